The second-order valence-electron chi connectivity index (χ2n) is 5.02. The van der Waals surface area contributed by atoms with E-state index in [9.17, 15) is 10.1 Å². The molecule has 0 aliphatic heterocycles. The van der Waals surface area contributed by atoms with E-state index in [4.69, 9.17) is 17.0 Å². The average molecular weight is 352 g/mol. The molecule has 126 valence electrons. The van der Waals surface area contributed by atoms with Crippen LogP contribution in [0.2, 0.25) is 0 Å². The summed E-state index contributed by atoms with van der Waals surface area (Å²) in [6, 6.07) is 11.1. The number of hydrogen-bond donors (Lipinski definition) is 1. The molecule has 2 aromatic rings. The third kappa shape index (κ3) is 3.90. The van der Waals surface area contributed by atoms with Gasteiger partial charge in [-0.2, -0.15) is 5.26 Å². The third-order valence-corrected chi connectivity index (χ3v) is 4.63. The van der Waals surface area contributed by atoms with Crippen LogP contribution in [0.5, 0.6) is 5.75 Å². The predicted molar refractivity (Wildman–Crippen MR) is 95.4 cm³/mol. The molecule has 1 heterocycles. The number of nitrogens with two attached hydrogens (primary N) is 1. The van der Waals surface area contributed by atoms with Crippen molar-refractivity contribution < 1.29 is 9.53 Å². The van der Waals surface area contributed by atoms with Gasteiger partial charge in [0.2, 0.25) is 11.6 Å². The van der Waals surface area contributed by atoms with Crippen LogP contribution < -0.4 is 10.5 Å². The lowest BCUT2D eigenvalue weighted by atomic mass is 10.1. The van der Waals surface area contributed by atoms with Gasteiger partial charge < -0.3 is 10.5 Å². The van der Waals surface area contributed by atoms with Crippen molar-refractivity contribution in [3.63, 3.8) is 0 Å². The van der Waals surface area contributed by atoms with Gasteiger partial charge in [0, 0.05) is 5.69 Å². The largest absolute Gasteiger partial charge is 0.503 e. The van der Waals surface area contributed by atoms with Crippen molar-refractivity contribution in [1.82, 2.24) is 4.98 Å². The maximum Gasteiger partial charge on any atom is 0.250 e. The van der Waals surface area contributed by atoms with E-state index in [0.717, 1.165) is 17.3 Å². The normalized spacial score (nSPS) is 11.2. The van der Waals surface area contributed by atoms with Crippen LogP contribution in [0.25, 0.3) is 4.85 Å². The first kappa shape index (κ1) is 18.3. The number of primary amides is 1. The van der Waals surface area contributed by atoms with Gasteiger partial charge in [0.15, 0.2) is 0 Å². The summed E-state index contributed by atoms with van der Waals surface area (Å²) in [5.74, 6) is -0.335. The highest BCUT2D eigenvalue weighted by Gasteiger charge is 2.25. The molecule has 1 aromatic heterocycles. The summed E-state index contributed by atoms with van der Waals surface area (Å²) in [6.45, 7) is 11.1. The van der Waals surface area contributed by atoms with Gasteiger partial charge in [0.1, 0.15) is 27.7 Å². The molecule has 1 unspecified atom stereocenters. The molecule has 0 saturated carbocycles. The summed E-state index contributed by atoms with van der Waals surface area (Å²) in [5, 5.41) is 9.18. The zero-order valence-corrected chi connectivity index (χ0v) is 14.6. The molecule has 1 aromatic carbocycles. The molecule has 0 aliphatic carbocycles. The summed E-state index contributed by atoms with van der Waals surface area (Å²) in [7, 11) is 0. The number of aromatic nitrogens is 1. The second-order valence-corrected chi connectivity index (χ2v) is 6.12. The summed E-state index contributed by atoms with van der Waals surface area (Å²) < 4.78 is 5.51. The van der Waals surface area contributed by atoms with E-state index in [2.05, 4.69) is 9.83 Å². The van der Waals surface area contributed by atoms with Crippen molar-refractivity contribution in [2.45, 2.75) is 24.1 Å². The van der Waals surface area contributed by atoms with Crippen molar-refractivity contribution in [2.24, 2.45) is 5.73 Å². The first-order chi connectivity index (χ1) is 12.0. The fourth-order valence-corrected chi connectivity index (χ4v) is 3.35. The Bertz CT molecular complexity index is 869. The van der Waals surface area contributed by atoms with E-state index in [1.807, 2.05) is 24.3 Å². The highest BCUT2D eigenvalue weighted by atomic mass is 32.2. The van der Waals surface area contributed by atoms with Gasteiger partial charge in [-0.3, -0.25) is 9.78 Å². The summed E-state index contributed by atoms with van der Waals surface area (Å²) in [5.41, 5.74) is 7.06. The molecule has 6 nitrogen and oxygen atoms in total. The zero-order valence-electron chi connectivity index (χ0n) is 13.8. The molecule has 1 atom stereocenters. The van der Waals surface area contributed by atoms with E-state index >= 15 is 0 Å². The Labute approximate surface area is 150 Å². The number of thioether (sulfide) groups is 1. The molecule has 0 saturated heterocycles. The van der Waals surface area contributed by atoms with Crippen LogP contribution in [0.1, 0.15) is 29.0 Å². The number of nitriles is 1. The Balaban J connectivity index is 2.57. The van der Waals surface area contributed by atoms with Gasteiger partial charge in [-0.15, -0.1) is 0 Å². The van der Waals surface area contributed by atoms with Crippen molar-refractivity contribution in [1.29, 1.82) is 5.26 Å². The molecule has 1 amide bonds. The number of rotatable bonds is 6. The quantitative estimate of drug-likeness (QED) is 0.634. The number of hydrogen-bond acceptors (Lipinski definition) is 5. The maximum atomic E-state index is 11.9. The lowest BCUT2D eigenvalue weighted by Gasteiger charge is -2.17. The Hall–Kier alpha value is -3.03. The number of amides is 1. The standard InChI is InChI=1S/C18H16N4O2S/c1-4-24-15-13(10-19)18(22-11(2)14(15)21-3)25-16(17(20)23)12-8-6-5-7-9-12/h5-9,16H,4H2,1-2H3,(H2,20,23). The van der Waals surface area contributed by atoms with Crippen molar-refractivity contribution >= 4 is 23.4 Å². The molecule has 25 heavy (non-hydrogen) atoms. The average Bonchev–Trinajstić information content (AvgIpc) is 2.60. The number of carbonyl (C=O) groups is 1. The van der Waals surface area contributed by atoms with Crippen LogP contribution in [-0.2, 0) is 4.79 Å². The molecule has 0 spiro atoms. The molecule has 0 aliphatic rings. The number of benzene rings is 1. The molecular formula is C18H16N4O2S. The van der Waals surface area contributed by atoms with E-state index in [1.165, 1.54) is 0 Å². The third-order valence-electron chi connectivity index (χ3n) is 3.37. The van der Waals surface area contributed by atoms with Gasteiger partial charge in [0.05, 0.1) is 13.2 Å². The number of aryl methyl sites for hydroxylation is 1. The summed E-state index contributed by atoms with van der Waals surface area (Å²) >= 11 is 1.08. The van der Waals surface area contributed by atoms with Crippen molar-refractivity contribution in [2.75, 3.05) is 6.61 Å². The monoisotopic (exact) mass is 352 g/mol. The van der Waals surface area contributed by atoms with Crippen LogP contribution in [0, 0.1) is 24.8 Å². The van der Waals surface area contributed by atoms with Crippen LogP contribution >= 0.6 is 11.8 Å². The minimum Gasteiger partial charge on any atom is -0.503 e. The highest BCUT2D eigenvalue weighted by molar-refractivity contribution is 8.00. The zero-order chi connectivity index (χ0) is 18.4. The molecule has 0 fully saturated rings. The Morgan fingerprint density at radius 1 is 1.48 bits per heavy atom. The molecule has 0 radical (unpaired) electrons. The lowest BCUT2D eigenvalue weighted by Crippen LogP contribution is -2.19. The van der Waals surface area contributed by atoms with Gasteiger partial charge >= 0.3 is 0 Å². The maximum absolute atomic E-state index is 11.9. The van der Waals surface area contributed by atoms with Gasteiger partial charge in [-0.25, -0.2) is 4.85 Å². The molecule has 2 N–H and O–H groups in total. The second kappa shape index (κ2) is 8.18. The topological polar surface area (TPSA) is 93.4 Å². The minimum atomic E-state index is -0.700. The highest BCUT2D eigenvalue weighted by Crippen LogP contribution is 2.43. The minimum absolute atomic E-state index is 0.144. The SMILES string of the molecule is [C-]#[N+]c1c(C)nc(SC(C(N)=O)c2ccccc2)c(C#N)c1OCC. The number of pyridine rings is 1. The number of carbonyl (C=O) groups excluding carboxylic acids is 1. The number of ether oxygens (including phenoxy) is 1. The first-order valence-electron chi connectivity index (χ1n) is 7.49. The fraction of sp³-hybridized carbons (Fsp3) is 0.222. The lowest BCUT2D eigenvalue weighted by molar-refractivity contribution is -0.117. The van der Waals surface area contributed by atoms with Crippen LogP contribution in [-0.4, -0.2) is 17.5 Å². The number of nitrogens with zero attached hydrogens (tertiary/aromatic N) is 3. The predicted octanol–water partition coefficient (Wildman–Crippen LogP) is 3.53. The van der Waals surface area contributed by atoms with Crippen LogP contribution in [0.15, 0.2) is 35.4 Å². The Morgan fingerprint density at radius 3 is 2.68 bits per heavy atom. The smallest absolute Gasteiger partial charge is 0.250 e. The first-order valence-corrected chi connectivity index (χ1v) is 8.37. The summed E-state index contributed by atoms with van der Waals surface area (Å²) in [4.78, 5) is 19.7. The van der Waals surface area contributed by atoms with Gasteiger partial charge in [-0.1, -0.05) is 42.1 Å². The Morgan fingerprint density at radius 2 is 2.16 bits per heavy atom. The van der Waals surface area contributed by atoms with Crippen molar-refractivity contribution in [3.05, 3.63) is 58.6 Å². The van der Waals surface area contributed by atoms with E-state index in [1.54, 1.807) is 26.0 Å². The Kier molecular flexibility index (Phi) is 5.99. The van der Waals surface area contributed by atoms with Gasteiger partial charge in [0.25, 0.3) is 0 Å². The molecular weight excluding hydrogens is 336 g/mol. The van der Waals surface area contributed by atoms with E-state index in [0.29, 0.717) is 17.3 Å². The molecule has 0 bridgehead atoms. The van der Waals surface area contributed by atoms with E-state index in [-0.39, 0.29) is 17.0 Å². The van der Waals surface area contributed by atoms with Gasteiger partial charge in [-0.05, 0) is 19.4 Å². The van der Waals surface area contributed by atoms with Crippen LogP contribution in [0.3, 0.4) is 0 Å². The molecule has 2 rings (SSSR count). The van der Waals surface area contributed by atoms with Crippen molar-refractivity contribution in [3.8, 4) is 11.8 Å². The fourth-order valence-electron chi connectivity index (χ4n) is 2.27. The van der Waals surface area contributed by atoms with E-state index < -0.39 is 11.2 Å². The molecule has 7 heteroatoms. The summed E-state index contributed by atoms with van der Waals surface area (Å²) in [6.07, 6.45) is 0. The van der Waals surface area contributed by atoms with Crippen LogP contribution in [0.4, 0.5) is 5.69 Å².